The number of alkyl carbamates (subject to hydrolysis) is 1. The SMILES string of the molecule is CN[C@@H](CNC(=O)c1ccc(C)c([C@@H](OCCNC(=O)OC)c2cccc(Cl)c2)c1)C[C@H]1CCCOC1. The van der Waals surface area contributed by atoms with Crippen LogP contribution >= 0.6 is 11.6 Å². The summed E-state index contributed by atoms with van der Waals surface area (Å²) in [6.07, 6.45) is 2.22. The largest absolute Gasteiger partial charge is 0.453 e. The van der Waals surface area contributed by atoms with Gasteiger partial charge in [-0.3, -0.25) is 4.79 Å². The fraction of sp³-hybridized carbons (Fsp3) is 0.500. The third kappa shape index (κ3) is 9.00. The second-order valence-electron chi connectivity index (χ2n) is 9.31. The molecule has 1 heterocycles. The van der Waals surface area contributed by atoms with Crippen LogP contribution in [0.15, 0.2) is 42.5 Å². The number of ether oxygens (including phenoxy) is 3. The number of halogens is 1. The van der Waals surface area contributed by atoms with E-state index >= 15 is 0 Å². The molecule has 3 rings (SSSR count). The van der Waals surface area contributed by atoms with Crippen molar-refractivity contribution in [3.8, 4) is 0 Å². The lowest BCUT2D eigenvalue weighted by atomic mass is 9.94. The number of nitrogens with one attached hydrogen (secondary N) is 3. The van der Waals surface area contributed by atoms with Crippen molar-refractivity contribution < 1.29 is 23.8 Å². The third-order valence-electron chi connectivity index (χ3n) is 6.61. The zero-order valence-corrected chi connectivity index (χ0v) is 22.6. The molecule has 0 radical (unpaired) electrons. The van der Waals surface area contributed by atoms with Gasteiger partial charge in [0, 0.05) is 42.9 Å². The number of rotatable bonds is 12. The maximum atomic E-state index is 13.1. The van der Waals surface area contributed by atoms with Gasteiger partial charge in [-0.1, -0.05) is 29.8 Å². The van der Waals surface area contributed by atoms with Crippen molar-refractivity contribution in [1.82, 2.24) is 16.0 Å². The molecule has 9 heteroatoms. The Bertz CT molecular complexity index is 1030. The molecule has 202 valence electrons. The molecule has 0 aliphatic carbocycles. The van der Waals surface area contributed by atoms with Crippen molar-refractivity contribution >= 4 is 23.6 Å². The van der Waals surface area contributed by atoms with Crippen LogP contribution in [-0.2, 0) is 14.2 Å². The van der Waals surface area contributed by atoms with E-state index in [0.717, 1.165) is 49.2 Å². The predicted octanol–water partition coefficient (Wildman–Crippen LogP) is 4.24. The molecule has 3 atom stereocenters. The quantitative estimate of drug-likeness (QED) is 0.354. The van der Waals surface area contributed by atoms with Crippen molar-refractivity contribution in [1.29, 1.82) is 0 Å². The minimum Gasteiger partial charge on any atom is -0.453 e. The fourth-order valence-electron chi connectivity index (χ4n) is 4.52. The van der Waals surface area contributed by atoms with Crippen LogP contribution < -0.4 is 16.0 Å². The summed E-state index contributed by atoms with van der Waals surface area (Å²) in [7, 11) is 3.24. The summed E-state index contributed by atoms with van der Waals surface area (Å²) < 4.78 is 16.4. The third-order valence-corrected chi connectivity index (χ3v) is 6.84. The van der Waals surface area contributed by atoms with E-state index in [1.165, 1.54) is 7.11 Å². The molecule has 1 fully saturated rings. The topological polar surface area (TPSA) is 97.9 Å². The molecule has 3 N–H and O–H groups in total. The number of hydrogen-bond acceptors (Lipinski definition) is 6. The maximum absolute atomic E-state index is 13.1. The van der Waals surface area contributed by atoms with E-state index < -0.39 is 12.2 Å². The van der Waals surface area contributed by atoms with Gasteiger partial charge in [0.15, 0.2) is 0 Å². The molecule has 0 spiro atoms. The summed E-state index contributed by atoms with van der Waals surface area (Å²) in [5.74, 6) is 0.372. The van der Waals surface area contributed by atoms with Crippen LogP contribution in [0.2, 0.25) is 5.02 Å². The lowest BCUT2D eigenvalue weighted by molar-refractivity contribution is 0.0478. The predicted molar refractivity (Wildman–Crippen MR) is 144 cm³/mol. The first-order chi connectivity index (χ1) is 17.9. The first-order valence-corrected chi connectivity index (χ1v) is 13.1. The van der Waals surface area contributed by atoms with Gasteiger partial charge in [-0.25, -0.2) is 4.79 Å². The van der Waals surface area contributed by atoms with Crippen molar-refractivity contribution in [2.75, 3.05) is 47.1 Å². The van der Waals surface area contributed by atoms with Crippen LogP contribution in [0.25, 0.3) is 0 Å². The van der Waals surface area contributed by atoms with Crippen molar-refractivity contribution in [3.63, 3.8) is 0 Å². The van der Waals surface area contributed by atoms with E-state index in [4.69, 9.17) is 21.1 Å². The Kier molecular flexibility index (Phi) is 11.7. The molecule has 1 aliphatic heterocycles. The van der Waals surface area contributed by atoms with E-state index in [-0.39, 0.29) is 25.1 Å². The van der Waals surface area contributed by atoms with Gasteiger partial charge in [0.25, 0.3) is 5.91 Å². The normalized spacial score (nSPS) is 17.0. The number of hydrogen-bond donors (Lipinski definition) is 3. The Morgan fingerprint density at radius 3 is 2.73 bits per heavy atom. The van der Waals surface area contributed by atoms with Crippen LogP contribution in [-0.4, -0.2) is 65.1 Å². The molecular weight excluding hydrogens is 494 g/mol. The van der Waals surface area contributed by atoms with Gasteiger partial charge in [-0.05, 0) is 80.1 Å². The minimum atomic E-state index is -0.520. The monoisotopic (exact) mass is 531 g/mol. The number of carbonyl (C=O) groups is 2. The molecule has 0 bridgehead atoms. The van der Waals surface area contributed by atoms with Crippen LogP contribution in [0.4, 0.5) is 4.79 Å². The highest BCUT2D eigenvalue weighted by molar-refractivity contribution is 6.30. The van der Waals surface area contributed by atoms with Gasteiger partial charge in [0.05, 0.1) is 13.7 Å². The average molecular weight is 532 g/mol. The zero-order chi connectivity index (χ0) is 26.6. The molecule has 0 unspecified atom stereocenters. The average Bonchev–Trinajstić information content (AvgIpc) is 2.91. The number of benzene rings is 2. The van der Waals surface area contributed by atoms with Gasteiger partial charge < -0.3 is 30.2 Å². The summed E-state index contributed by atoms with van der Waals surface area (Å²) in [5, 5.41) is 9.61. The van der Waals surface area contributed by atoms with E-state index in [0.29, 0.717) is 23.0 Å². The van der Waals surface area contributed by atoms with Crippen molar-refractivity contribution in [3.05, 3.63) is 69.7 Å². The second kappa shape index (κ2) is 14.9. The first kappa shape index (κ1) is 28.9. The van der Waals surface area contributed by atoms with Crippen LogP contribution in [0.5, 0.6) is 0 Å². The Morgan fingerprint density at radius 1 is 1.19 bits per heavy atom. The van der Waals surface area contributed by atoms with Crippen molar-refractivity contribution in [2.45, 2.75) is 38.3 Å². The lowest BCUT2D eigenvalue weighted by Crippen LogP contribution is -2.41. The first-order valence-electron chi connectivity index (χ1n) is 12.7. The van der Waals surface area contributed by atoms with E-state index in [9.17, 15) is 9.59 Å². The van der Waals surface area contributed by atoms with Crippen LogP contribution in [0, 0.1) is 12.8 Å². The van der Waals surface area contributed by atoms with E-state index in [1.54, 1.807) is 6.07 Å². The Balaban J connectivity index is 1.72. The van der Waals surface area contributed by atoms with Crippen LogP contribution in [0.1, 0.15) is 52.4 Å². The van der Waals surface area contributed by atoms with Crippen molar-refractivity contribution in [2.24, 2.45) is 5.92 Å². The Morgan fingerprint density at radius 2 is 2.03 bits per heavy atom. The molecule has 1 aliphatic rings. The summed E-state index contributed by atoms with van der Waals surface area (Å²) in [6, 6.07) is 13.2. The number of amides is 2. The molecule has 1 saturated heterocycles. The molecule has 2 aromatic carbocycles. The van der Waals surface area contributed by atoms with E-state index in [2.05, 4.69) is 20.7 Å². The molecule has 37 heavy (non-hydrogen) atoms. The summed E-state index contributed by atoms with van der Waals surface area (Å²) in [6.45, 7) is 4.66. The standard InChI is InChI=1S/C28H38ClN3O5/c1-19-9-10-22(27(33)32-17-24(30-2)14-20-6-5-12-36-18-20)16-25(19)26(21-7-4-8-23(29)15-21)37-13-11-31-28(34)35-3/h4,7-10,15-16,20,24,26,30H,5-6,11-14,17-18H2,1-3H3,(H,31,34)(H,32,33)/t20-,24-,26+/m1/s1. The smallest absolute Gasteiger partial charge is 0.406 e. The zero-order valence-electron chi connectivity index (χ0n) is 21.8. The van der Waals surface area contributed by atoms with E-state index in [1.807, 2.05) is 50.4 Å². The molecular formula is C28H38ClN3O5. The maximum Gasteiger partial charge on any atom is 0.406 e. The summed E-state index contributed by atoms with van der Waals surface area (Å²) in [5.41, 5.74) is 3.25. The molecule has 0 aromatic heterocycles. The Hall–Kier alpha value is -2.65. The number of likely N-dealkylation sites (N-methyl/N-ethyl adjacent to an activating group) is 1. The van der Waals surface area contributed by atoms with Gasteiger partial charge in [-0.2, -0.15) is 0 Å². The Labute approximate surface area is 224 Å². The highest BCUT2D eigenvalue weighted by Gasteiger charge is 2.22. The summed E-state index contributed by atoms with van der Waals surface area (Å²) in [4.78, 5) is 24.5. The molecule has 2 amide bonds. The van der Waals surface area contributed by atoms with Gasteiger partial charge >= 0.3 is 6.09 Å². The van der Waals surface area contributed by atoms with Crippen LogP contribution in [0.3, 0.4) is 0 Å². The number of methoxy groups -OCH3 is 1. The van der Waals surface area contributed by atoms with Gasteiger partial charge in [0.1, 0.15) is 6.10 Å². The highest BCUT2D eigenvalue weighted by Crippen LogP contribution is 2.31. The number of carbonyl (C=O) groups excluding carboxylic acids is 2. The molecule has 0 saturated carbocycles. The minimum absolute atomic E-state index is 0.140. The fourth-order valence-corrected chi connectivity index (χ4v) is 4.72. The summed E-state index contributed by atoms with van der Waals surface area (Å²) >= 11 is 6.27. The lowest BCUT2D eigenvalue weighted by Gasteiger charge is -2.26. The second-order valence-corrected chi connectivity index (χ2v) is 9.75. The molecule has 8 nitrogen and oxygen atoms in total. The molecule has 2 aromatic rings. The van der Waals surface area contributed by atoms with Gasteiger partial charge in [0.2, 0.25) is 0 Å². The van der Waals surface area contributed by atoms with Gasteiger partial charge in [-0.15, -0.1) is 0 Å². The number of aryl methyl sites for hydroxylation is 1. The highest BCUT2D eigenvalue weighted by atomic mass is 35.5.